The minimum atomic E-state index is -0.135. The van der Waals surface area contributed by atoms with Crippen molar-refractivity contribution in [1.29, 1.82) is 0 Å². The van der Waals surface area contributed by atoms with Crippen molar-refractivity contribution in [2.24, 2.45) is 0 Å². The van der Waals surface area contributed by atoms with Crippen LogP contribution in [0.5, 0.6) is 11.5 Å². The summed E-state index contributed by atoms with van der Waals surface area (Å²) >= 11 is 0. The average molecular weight is 282 g/mol. The van der Waals surface area contributed by atoms with Crippen LogP contribution in [0.15, 0.2) is 42.6 Å². The molecule has 5 heteroatoms. The van der Waals surface area contributed by atoms with Gasteiger partial charge in [-0.25, -0.2) is 4.98 Å². The second kappa shape index (κ2) is 5.28. The third-order valence-corrected chi connectivity index (χ3v) is 3.28. The number of ketones is 1. The number of ether oxygens (including phenoxy) is 2. The highest BCUT2D eigenvalue weighted by molar-refractivity contribution is 6.11. The van der Waals surface area contributed by atoms with Gasteiger partial charge in [-0.2, -0.15) is 0 Å². The van der Waals surface area contributed by atoms with Crippen molar-refractivity contribution in [2.45, 2.75) is 0 Å². The molecular weight excluding hydrogens is 268 g/mol. The molecule has 0 aliphatic carbocycles. The van der Waals surface area contributed by atoms with Gasteiger partial charge in [0.05, 0.1) is 31.7 Å². The summed E-state index contributed by atoms with van der Waals surface area (Å²) in [7, 11) is 3.13. The van der Waals surface area contributed by atoms with Gasteiger partial charge in [0.2, 0.25) is 5.78 Å². The number of para-hydroxylation sites is 1. The molecule has 0 radical (unpaired) electrons. The standard InChI is InChI=1S/C16H14N2O3/c1-20-11-7-10-8-13(18-16(10)17-9-11)15(19)12-5-3-4-6-14(12)21-2/h3-9H,1-2H3,(H,17,18). The Balaban J connectivity index is 2.05. The van der Waals surface area contributed by atoms with Crippen LogP contribution >= 0.6 is 0 Å². The summed E-state index contributed by atoms with van der Waals surface area (Å²) in [6.07, 6.45) is 1.61. The Morgan fingerprint density at radius 2 is 1.95 bits per heavy atom. The summed E-state index contributed by atoms with van der Waals surface area (Å²) < 4.78 is 10.4. The normalized spacial score (nSPS) is 10.6. The molecule has 1 N–H and O–H groups in total. The van der Waals surface area contributed by atoms with Gasteiger partial charge >= 0.3 is 0 Å². The number of hydrogen-bond acceptors (Lipinski definition) is 4. The number of benzene rings is 1. The second-order valence-corrected chi connectivity index (χ2v) is 4.53. The van der Waals surface area contributed by atoms with Crippen molar-refractivity contribution in [3.63, 3.8) is 0 Å². The van der Waals surface area contributed by atoms with Crippen LogP contribution in [0, 0.1) is 0 Å². The lowest BCUT2D eigenvalue weighted by Crippen LogP contribution is -2.04. The van der Waals surface area contributed by atoms with Crippen molar-refractivity contribution >= 4 is 16.8 Å². The summed E-state index contributed by atoms with van der Waals surface area (Å²) in [6.45, 7) is 0. The molecule has 0 bridgehead atoms. The maximum absolute atomic E-state index is 12.6. The van der Waals surface area contributed by atoms with Crippen molar-refractivity contribution in [1.82, 2.24) is 9.97 Å². The number of hydrogen-bond donors (Lipinski definition) is 1. The van der Waals surface area contributed by atoms with Crippen molar-refractivity contribution in [3.8, 4) is 11.5 Å². The molecule has 0 spiro atoms. The molecule has 21 heavy (non-hydrogen) atoms. The van der Waals surface area contributed by atoms with Crippen LogP contribution in [0.2, 0.25) is 0 Å². The minimum absolute atomic E-state index is 0.135. The van der Waals surface area contributed by atoms with Crippen LogP contribution in [-0.2, 0) is 0 Å². The number of H-pyrrole nitrogens is 1. The predicted octanol–water partition coefficient (Wildman–Crippen LogP) is 2.81. The fourth-order valence-electron chi connectivity index (χ4n) is 2.21. The number of carbonyl (C=O) groups is 1. The predicted molar refractivity (Wildman–Crippen MR) is 79.1 cm³/mol. The first kappa shape index (κ1) is 13.2. The van der Waals surface area contributed by atoms with Gasteiger partial charge in [-0.3, -0.25) is 4.79 Å². The Labute approximate surface area is 121 Å². The van der Waals surface area contributed by atoms with Crippen molar-refractivity contribution in [3.05, 3.63) is 53.9 Å². The monoisotopic (exact) mass is 282 g/mol. The number of carbonyl (C=O) groups excluding carboxylic acids is 1. The van der Waals surface area contributed by atoms with Crippen LogP contribution in [0.4, 0.5) is 0 Å². The number of aromatic nitrogens is 2. The fraction of sp³-hybridized carbons (Fsp3) is 0.125. The van der Waals surface area contributed by atoms with Crippen LogP contribution < -0.4 is 9.47 Å². The topological polar surface area (TPSA) is 64.2 Å². The number of aromatic amines is 1. The third-order valence-electron chi connectivity index (χ3n) is 3.28. The van der Waals surface area contributed by atoms with Gasteiger partial charge in [0.25, 0.3) is 0 Å². The highest BCUT2D eigenvalue weighted by Gasteiger charge is 2.16. The highest BCUT2D eigenvalue weighted by Crippen LogP contribution is 2.24. The van der Waals surface area contributed by atoms with Crippen LogP contribution in [0.25, 0.3) is 11.0 Å². The van der Waals surface area contributed by atoms with Gasteiger partial charge in [-0.1, -0.05) is 12.1 Å². The number of rotatable bonds is 4. The quantitative estimate of drug-likeness (QED) is 0.747. The van der Waals surface area contributed by atoms with E-state index < -0.39 is 0 Å². The van der Waals surface area contributed by atoms with E-state index in [1.54, 1.807) is 44.7 Å². The average Bonchev–Trinajstić information content (AvgIpc) is 2.96. The van der Waals surface area contributed by atoms with E-state index in [9.17, 15) is 4.79 Å². The lowest BCUT2D eigenvalue weighted by molar-refractivity contribution is 0.103. The first-order chi connectivity index (χ1) is 10.2. The SMILES string of the molecule is COc1cnc2[nH]c(C(=O)c3ccccc3OC)cc2c1. The van der Waals surface area contributed by atoms with E-state index in [0.29, 0.717) is 28.4 Å². The van der Waals surface area contributed by atoms with Crippen LogP contribution in [0.1, 0.15) is 16.1 Å². The molecule has 3 rings (SSSR count). The molecule has 0 atom stereocenters. The lowest BCUT2D eigenvalue weighted by atomic mass is 10.1. The molecule has 0 aliphatic rings. The first-order valence-corrected chi connectivity index (χ1v) is 6.43. The van der Waals surface area contributed by atoms with Crippen molar-refractivity contribution < 1.29 is 14.3 Å². The Hall–Kier alpha value is -2.82. The summed E-state index contributed by atoms with van der Waals surface area (Å²) in [5.41, 5.74) is 1.63. The Kier molecular flexibility index (Phi) is 3.31. The number of nitrogens with one attached hydrogen (secondary N) is 1. The summed E-state index contributed by atoms with van der Waals surface area (Å²) in [6, 6.07) is 10.7. The van der Waals surface area contributed by atoms with E-state index in [2.05, 4.69) is 9.97 Å². The smallest absolute Gasteiger partial charge is 0.212 e. The van der Waals surface area contributed by atoms with E-state index in [0.717, 1.165) is 5.39 Å². The molecule has 1 aromatic carbocycles. The van der Waals surface area contributed by atoms with E-state index in [1.807, 2.05) is 12.1 Å². The molecule has 2 heterocycles. The Morgan fingerprint density at radius 1 is 1.14 bits per heavy atom. The van der Waals surface area contributed by atoms with E-state index in [1.165, 1.54) is 0 Å². The van der Waals surface area contributed by atoms with Crippen LogP contribution in [-0.4, -0.2) is 30.0 Å². The minimum Gasteiger partial charge on any atom is -0.496 e. The lowest BCUT2D eigenvalue weighted by Gasteiger charge is -2.05. The van der Waals surface area contributed by atoms with Gasteiger partial charge in [0, 0.05) is 5.39 Å². The molecule has 3 aromatic rings. The molecule has 0 aliphatic heterocycles. The molecule has 0 saturated carbocycles. The van der Waals surface area contributed by atoms with Gasteiger partial charge in [0.15, 0.2) is 0 Å². The first-order valence-electron chi connectivity index (χ1n) is 6.43. The number of pyridine rings is 1. The maximum atomic E-state index is 12.6. The molecular formula is C16H14N2O3. The van der Waals surface area contributed by atoms with E-state index >= 15 is 0 Å². The number of fused-ring (bicyclic) bond motifs is 1. The molecule has 0 fully saturated rings. The van der Waals surface area contributed by atoms with Crippen LogP contribution in [0.3, 0.4) is 0 Å². The number of nitrogens with zero attached hydrogens (tertiary/aromatic N) is 1. The Morgan fingerprint density at radius 3 is 2.71 bits per heavy atom. The zero-order valence-electron chi connectivity index (χ0n) is 11.7. The zero-order chi connectivity index (χ0) is 14.8. The zero-order valence-corrected chi connectivity index (χ0v) is 11.7. The van der Waals surface area contributed by atoms with Gasteiger partial charge < -0.3 is 14.5 Å². The largest absolute Gasteiger partial charge is 0.496 e. The second-order valence-electron chi connectivity index (χ2n) is 4.53. The van der Waals surface area contributed by atoms with E-state index in [4.69, 9.17) is 9.47 Å². The van der Waals surface area contributed by atoms with Gasteiger partial charge in [-0.15, -0.1) is 0 Å². The fourth-order valence-corrected chi connectivity index (χ4v) is 2.21. The van der Waals surface area contributed by atoms with Gasteiger partial charge in [-0.05, 0) is 24.3 Å². The Bertz CT molecular complexity index is 808. The maximum Gasteiger partial charge on any atom is 0.212 e. The highest BCUT2D eigenvalue weighted by atomic mass is 16.5. The summed E-state index contributed by atoms with van der Waals surface area (Å²) in [5, 5.41) is 0.826. The molecule has 0 saturated heterocycles. The molecule has 106 valence electrons. The van der Waals surface area contributed by atoms with Gasteiger partial charge in [0.1, 0.15) is 17.1 Å². The molecule has 2 aromatic heterocycles. The molecule has 0 unspecified atom stereocenters. The number of methoxy groups -OCH3 is 2. The summed E-state index contributed by atoms with van der Waals surface area (Å²) in [5.74, 6) is 1.06. The summed E-state index contributed by atoms with van der Waals surface area (Å²) in [4.78, 5) is 19.8. The van der Waals surface area contributed by atoms with Crippen molar-refractivity contribution in [2.75, 3.05) is 14.2 Å². The van der Waals surface area contributed by atoms with E-state index in [-0.39, 0.29) is 5.78 Å². The molecule has 5 nitrogen and oxygen atoms in total. The third kappa shape index (κ3) is 2.33. The molecule has 0 amide bonds.